The van der Waals surface area contributed by atoms with E-state index in [9.17, 15) is 0 Å². The summed E-state index contributed by atoms with van der Waals surface area (Å²) in [6.07, 6.45) is 0. The average Bonchev–Trinajstić information content (AvgIpc) is 3.86. The van der Waals surface area contributed by atoms with Gasteiger partial charge in [-0.3, -0.25) is 0 Å². The van der Waals surface area contributed by atoms with Crippen LogP contribution in [0.2, 0.25) is 0 Å². The fourth-order valence-electron chi connectivity index (χ4n) is 10.9. The third-order valence-corrected chi connectivity index (χ3v) is 13.4. The van der Waals surface area contributed by atoms with Gasteiger partial charge in [0.05, 0.1) is 0 Å². The smallest absolute Gasteiger partial charge is 0.000763 e. The van der Waals surface area contributed by atoms with Gasteiger partial charge in [-0.05, 0) is 133 Å². The van der Waals surface area contributed by atoms with Crippen LogP contribution in [-0.4, -0.2) is 0 Å². The van der Waals surface area contributed by atoms with Crippen molar-refractivity contribution >= 4 is 21.5 Å². The van der Waals surface area contributed by atoms with E-state index in [-0.39, 0.29) is 0 Å². The monoisotopic (exact) mass is 782 g/mol. The quantitative estimate of drug-likeness (QED) is 0.158. The third-order valence-electron chi connectivity index (χ3n) is 13.4. The van der Waals surface area contributed by atoms with E-state index >= 15 is 0 Å². The van der Waals surface area contributed by atoms with Crippen LogP contribution in [0.5, 0.6) is 0 Å². The summed E-state index contributed by atoms with van der Waals surface area (Å²) < 4.78 is 0. The molecular weight excluding hydrogens is 745 g/mol. The number of benzene rings is 11. The van der Waals surface area contributed by atoms with Crippen molar-refractivity contribution < 1.29 is 0 Å². The molecular formula is C62H38. The number of hydrogen-bond donors (Lipinski definition) is 0. The Morgan fingerprint density at radius 3 is 0.694 bits per heavy atom. The molecule has 11 aromatic rings. The Balaban J connectivity index is 1.29. The van der Waals surface area contributed by atoms with E-state index in [0.717, 1.165) is 0 Å². The molecule has 0 spiro atoms. The van der Waals surface area contributed by atoms with E-state index in [4.69, 9.17) is 0 Å². The maximum Gasteiger partial charge on any atom is -0.000763 e. The molecule has 286 valence electrons. The second-order valence-corrected chi connectivity index (χ2v) is 16.6. The van der Waals surface area contributed by atoms with Crippen LogP contribution in [0.25, 0.3) is 133 Å². The fraction of sp³-hybridized carbons (Fsp3) is 0. The molecule has 13 rings (SSSR count). The van der Waals surface area contributed by atoms with Crippen LogP contribution < -0.4 is 0 Å². The molecule has 0 atom stereocenters. The van der Waals surface area contributed by atoms with Crippen molar-refractivity contribution in [2.75, 3.05) is 0 Å². The van der Waals surface area contributed by atoms with Gasteiger partial charge in [-0.25, -0.2) is 0 Å². The first-order valence-electron chi connectivity index (χ1n) is 21.6. The Labute approximate surface area is 361 Å². The van der Waals surface area contributed by atoms with Gasteiger partial charge in [0.1, 0.15) is 0 Å². The maximum atomic E-state index is 2.41. The first-order valence-corrected chi connectivity index (χ1v) is 21.6. The van der Waals surface area contributed by atoms with E-state index in [1.165, 1.54) is 133 Å². The first kappa shape index (κ1) is 34.8. The van der Waals surface area contributed by atoms with Crippen molar-refractivity contribution in [2.24, 2.45) is 0 Å². The van der Waals surface area contributed by atoms with Crippen LogP contribution >= 0.6 is 0 Å². The van der Waals surface area contributed by atoms with Crippen molar-refractivity contribution in [3.8, 4) is 111 Å². The van der Waals surface area contributed by atoms with E-state index in [2.05, 4.69) is 231 Å². The highest BCUT2D eigenvalue weighted by Crippen LogP contribution is 2.60. The molecule has 62 heavy (non-hydrogen) atoms. The van der Waals surface area contributed by atoms with E-state index in [0.29, 0.717) is 0 Å². The molecule has 0 unspecified atom stereocenters. The van der Waals surface area contributed by atoms with E-state index < -0.39 is 0 Å². The lowest BCUT2D eigenvalue weighted by molar-refractivity contribution is 1.53. The molecule has 0 N–H and O–H groups in total. The minimum atomic E-state index is 1.18. The van der Waals surface area contributed by atoms with Crippen molar-refractivity contribution in [1.29, 1.82) is 0 Å². The predicted molar refractivity (Wildman–Crippen MR) is 263 cm³/mol. The Kier molecular flexibility index (Phi) is 7.71. The lowest BCUT2D eigenvalue weighted by Gasteiger charge is -2.30. The van der Waals surface area contributed by atoms with Gasteiger partial charge in [-0.2, -0.15) is 0 Å². The number of hydrogen-bond acceptors (Lipinski definition) is 0. The topological polar surface area (TPSA) is 0 Å². The summed E-state index contributed by atoms with van der Waals surface area (Å²) in [5.74, 6) is 0. The highest BCUT2D eigenvalue weighted by Gasteiger charge is 2.33. The van der Waals surface area contributed by atoms with Crippen LogP contribution in [0.1, 0.15) is 0 Å². The van der Waals surface area contributed by atoms with Crippen LogP contribution in [0.3, 0.4) is 0 Å². The lowest BCUT2D eigenvalue weighted by atomic mass is 9.73. The maximum absolute atomic E-state index is 2.41. The summed E-state index contributed by atoms with van der Waals surface area (Å²) in [6, 6.07) is 85.8. The second-order valence-electron chi connectivity index (χ2n) is 16.6. The molecule has 0 nitrogen and oxygen atoms in total. The van der Waals surface area contributed by atoms with Gasteiger partial charge in [-0.15, -0.1) is 0 Å². The van der Waals surface area contributed by atoms with Crippen molar-refractivity contribution in [1.82, 2.24) is 0 Å². The largest absolute Gasteiger partial charge is 0.0622 e. The summed E-state index contributed by atoms with van der Waals surface area (Å²) in [4.78, 5) is 0. The van der Waals surface area contributed by atoms with Gasteiger partial charge < -0.3 is 0 Å². The van der Waals surface area contributed by atoms with Crippen molar-refractivity contribution in [3.63, 3.8) is 0 Å². The summed E-state index contributed by atoms with van der Waals surface area (Å²) in [5.41, 5.74) is 25.0. The third kappa shape index (κ3) is 5.01. The Hall–Kier alpha value is -8.06. The molecule has 2 aliphatic carbocycles. The van der Waals surface area contributed by atoms with E-state index in [1.807, 2.05) is 0 Å². The van der Waals surface area contributed by atoms with Gasteiger partial charge in [-0.1, -0.05) is 231 Å². The summed E-state index contributed by atoms with van der Waals surface area (Å²) in [7, 11) is 0. The molecule has 0 fully saturated rings. The normalized spacial score (nSPS) is 11.9. The molecule has 0 bridgehead atoms. The summed E-state index contributed by atoms with van der Waals surface area (Å²) in [5, 5.41) is 5.17. The van der Waals surface area contributed by atoms with Gasteiger partial charge in [0, 0.05) is 0 Å². The molecule has 0 aliphatic heterocycles. The molecule has 0 heteroatoms. The molecule has 2 aliphatic rings. The van der Waals surface area contributed by atoms with Crippen LogP contribution in [0, 0.1) is 0 Å². The number of rotatable bonds is 6. The summed E-state index contributed by atoms with van der Waals surface area (Å²) >= 11 is 0. The zero-order chi connectivity index (χ0) is 40.7. The van der Waals surface area contributed by atoms with Crippen molar-refractivity contribution in [2.45, 2.75) is 0 Å². The van der Waals surface area contributed by atoms with Crippen LogP contribution in [-0.2, 0) is 0 Å². The van der Waals surface area contributed by atoms with Gasteiger partial charge in [0.25, 0.3) is 0 Å². The molecule has 0 saturated heterocycles. The lowest BCUT2D eigenvalue weighted by Crippen LogP contribution is -2.03. The SMILES string of the molecule is c1ccc(-c2c(-c3ccccc3)c(-c3ccc4c5c(cccc35)-c3ccccc3-4)c(-c3ccccc3)c(-c3ccccc3)c2-c2ccc3c4c(cccc24)-c2ccccc2-3)cc1. The molecule has 0 amide bonds. The highest BCUT2D eigenvalue weighted by atomic mass is 14.3. The van der Waals surface area contributed by atoms with Crippen LogP contribution in [0.4, 0.5) is 0 Å². The predicted octanol–water partition coefficient (Wildman–Crippen LogP) is 17.3. The van der Waals surface area contributed by atoms with Gasteiger partial charge >= 0.3 is 0 Å². The first-order chi connectivity index (χ1) is 30.8. The highest BCUT2D eigenvalue weighted by molar-refractivity contribution is 6.25. The Bertz CT molecular complexity index is 3180. The molecule has 0 aromatic heterocycles. The zero-order valence-corrected chi connectivity index (χ0v) is 33.9. The minimum Gasteiger partial charge on any atom is -0.0622 e. The average molecular weight is 783 g/mol. The minimum absolute atomic E-state index is 1.18. The zero-order valence-electron chi connectivity index (χ0n) is 33.9. The molecule has 0 saturated carbocycles. The Morgan fingerprint density at radius 2 is 0.387 bits per heavy atom. The van der Waals surface area contributed by atoms with Gasteiger partial charge in [0.2, 0.25) is 0 Å². The van der Waals surface area contributed by atoms with Gasteiger partial charge in [0.15, 0.2) is 0 Å². The molecule has 0 radical (unpaired) electrons. The second kappa shape index (κ2) is 13.7. The van der Waals surface area contributed by atoms with Crippen molar-refractivity contribution in [3.05, 3.63) is 231 Å². The molecule has 0 heterocycles. The number of fused-ring (bicyclic) bond motifs is 6. The Morgan fingerprint density at radius 1 is 0.145 bits per heavy atom. The summed E-state index contributed by atoms with van der Waals surface area (Å²) in [6.45, 7) is 0. The van der Waals surface area contributed by atoms with E-state index in [1.54, 1.807) is 0 Å². The van der Waals surface area contributed by atoms with Crippen LogP contribution in [0.15, 0.2) is 231 Å². The molecule has 11 aromatic carbocycles. The fourth-order valence-corrected chi connectivity index (χ4v) is 10.9. The standard InChI is InChI=1S/C62H38/c1-5-19-39(20-6-1)55-56(40-21-7-2-8-22-40)62(54-38-36-52-46-30-16-14-28-44(46)48-32-18-34-50(54)60(48)52)58(42-25-11-4-12-26-42)57(41-23-9-3-10-24-41)61(55)53-37-35-51-45-29-15-13-27-43(45)47-31-17-33-49(53)59(47)51/h1-38H.